The zero-order valence-electron chi connectivity index (χ0n) is 16.4. The van der Waals surface area contributed by atoms with Crippen molar-refractivity contribution >= 4 is 10.2 Å². The Balaban J connectivity index is 2.24. The lowest BCUT2D eigenvalue weighted by molar-refractivity contribution is 0.414. The Morgan fingerprint density at radius 3 is 1.96 bits per heavy atom. The molecule has 24 heavy (non-hydrogen) atoms. The smallest absolute Gasteiger partial charge is 0.127 e. The van der Waals surface area contributed by atoms with Crippen molar-refractivity contribution in [2.45, 2.75) is 57.9 Å². The highest BCUT2D eigenvalue weighted by Crippen LogP contribution is 2.50. The van der Waals surface area contributed by atoms with Crippen LogP contribution in [0.5, 0.6) is 5.75 Å². The van der Waals surface area contributed by atoms with Crippen LogP contribution in [0, 0.1) is 0 Å². The van der Waals surface area contributed by atoms with Crippen LogP contribution in [-0.4, -0.2) is 17.4 Å². The molecule has 0 radical (unpaired) electrons. The molecular formula is C22H30OSi. The van der Waals surface area contributed by atoms with Gasteiger partial charge in [0.15, 0.2) is 0 Å². The van der Waals surface area contributed by atoms with E-state index in [1.807, 2.05) is 0 Å². The molecule has 0 amide bonds. The van der Waals surface area contributed by atoms with Gasteiger partial charge in [0.2, 0.25) is 0 Å². The second kappa shape index (κ2) is 5.49. The molecule has 0 bridgehead atoms. The summed E-state index contributed by atoms with van der Waals surface area (Å²) in [5.74, 6) is 1.03. The van der Waals surface area contributed by atoms with Gasteiger partial charge >= 0.3 is 0 Å². The molecular weight excluding hydrogens is 308 g/mol. The van der Waals surface area contributed by atoms with Gasteiger partial charge in [-0.15, -0.1) is 0 Å². The van der Waals surface area contributed by atoms with Crippen molar-refractivity contribution < 1.29 is 4.74 Å². The molecule has 1 aliphatic rings. The fraction of sp³-hybridized carbons (Fsp3) is 0.455. The molecule has 0 saturated heterocycles. The third kappa shape index (κ3) is 2.71. The predicted octanol–water partition coefficient (Wildman–Crippen LogP) is 4.73. The standard InChI is InChI=1S/C22H30OSi/c1-21(2,3)13-8-9-15-16(10-13)20(24)17-11-14(22(4,5)6)12-18(23-7)19(15)17/h8-12,20H,1-7,24H3. The topological polar surface area (TPSA) is 9.23 Å². The van der Waals surface area contributed by atoms with Crippen molar-refractivity contribution in [1.82, 2.24) is 0 Å². The SMILES string of the molecule is COc1cc(C(C)(C)C)cc2c1-c1ccc(C(C)(C)C)cc1C2[SiH3]. The van der Waals surface area contributed by atoms with E-state index >= 15 is 0 Å². The van der Waals surface area contributed by atoms with Gasteiger partial charge in [0.05, 0.1) is 7.11 Å². The Labute approximate surface area is 149 Å². The molecule has 0 N–H and O–H groups in total. The highest BCUT2D eigenvalue weighted by Gasteiger charge is 2.31. The van der Waals surface area contributed by atoms with Gasteiger partial charge in [0.25, 0.3) is 0 Å². The van der Waals surface area contributed by atoms with Crippen molar-refractivity contribution in [1.29, 1.82) is 0 Å². The van der Waals surface area contributed by atoms with E-state index in [1.165, 1.54) is 33.4 Å². The van der Waals surface area contributed by atoms with Crippen molar-refractivity contribution in [2.75, 3.05) is 7.11 Å². The largest absolute Gasteiger partial charge is 0.496 e. The van der Waals surface area contributed by atoms with Crippen LogP contribution in [0.25, 0.3) is 11.1 Å². The highest BCUT2D eigenvalue weighted by atomic mass is 28.1. The van der Waals surface area contributed by atoms with E-state index in [9.17, 15) is 0 Å². The van der Waals surface area contributed by atoms with Crippen LogP contribution in [0.4, 0.5) is 0 Å². The first kappa shape index (κ1) is 17.3. The maximum Gasteiger partial charge on any atom is 0.127 e. The van der Waals surface area contributed by atoms with Crippen molar-refractivity contribution in [2.24, 2.45) is 0 Å². The minimum atomic E-state index is 0.134. The Kier molecular flexibility index (Phi) is 3.95. The van der Waals surface area contributed by atoms with E-state index in [0.717, 1.165) is 16.0 Å². The van der Waals surface area contributed by atoms with Gasteiger partial charge in [-0.25, -0.2) is 0 Å². The van der Waals surface area contributed by atoms with Crippen LogP contribution in [0.2, 0.25) is 0 Å². The first-order valence-electron chi connectivity index (χ1n) is 8.91. The summed E-state index contributed by atoms with van der Waals surface area (Å²) in [5, 5.41) is 0. The fourth-order valence-electron chi connectivity index (χ4n) is 3.64. The molecule has 1 unspecified atom stereocenters. The maximum absolute atomic E-state index is 5.81. The number of hydrogen-bond donors (Lipinski definition) is 0. The molecule has 2 aromatic rings. The summed E-state index contributed by atoms with van der Waals surface area (Å²) >= 11 is 0. The van der Waals surface area contributed by atoms with E-state index in [0.29, 0.717) is 5.54 Å². The summed E-state index contributed by atoms with van der Waals surface area (Å²) < 4.78 is 5.81. The molecule has 0 aliphatic heterocycles. The van der Waals surface area contributed by atoms with Crippen LogP contribution in [0.15, 0.2) is 30.3 Å². The predicted molar refractivity (Wildman–Crippen MR) is 108 cm³/mol. The first-order valence-corrected chi connectivity index (χ1v) is 10.1. The number of methoxy groups -OCH3 is 1. The molecule has 3 rings (SSSR count). The minimum Gasteiger partial charge on any atom is -0.496 e. The summed E-state index contributed by atoms with van der Waals surface area (Å²) in [6.07, 6.45) is 0. The van der Waals surface area contributed by atoms with Crippen LogP contribution >= 0.6 is 0 Å². The second-order valence-electron chi connectivity index (χ2n) is 9.17. The molecule has 1 aliphatic carbocycles. The normalized spacial score (nSPS) is 16.9. The van der Waals surface area contributed by atoms with Gasteiger partial charge < -0.3 is 4.74 Å². The molecule has 128 valence electrons. The summed E-state index contributed by atoms with van der Waals surface area (Å²) in [4.78, 5) is 0. The van der Waals surface area contributed by atoms with Crippen molar-refractivity contribution in [3.63, 3.8) is 0 Å². The summed E-state index contributed by atoms with van der Waals surface area (Å²) in [6.45, 7) is 13.7. The summed E-state index contributed by atoms with van der Waals surface area (Å²) in [6, 6.07) is 11.7. The molecule has 0 heterocycles. The molecule has 0 saturated carbocycles. The average Bonchev–Trinajstić information content (AvgIpc) is 2.77. The zero-order chi connectivity index (χ0) is 17.9. The maximum atomic E-state index is 5.81. The Morgan fingerprint density at radius 2 is 1.42 bits per heavy atom. The number of hydrogen-bond acceptors (Lipinski definition) is 1. The van der Waals surface area contributed by atoms with Gasteiger partial charge in [-0.3, -0.25) is 0 Å². The van der Waals surface area contributed by atoms with Crippen LogP contribution in [-0.2, 0) is 10.8 Å². The number of fused-ring (bicyclic) bond motifs is 3. The average molecular weight is 339 g/mol. The lowest BCUT2D eigenvalue weighted by Gasteiger charge is -2.22. The zero-order valence-corrected chi connectivity index (χ0v) is 18.4. The molecule has 2 aromatic carbocycles. The Hall–Kier alpha value is -1.54. The third-order valence-electron chi connectivity index (χ3n) is 5.34. The molecule has 0 aromatic heterocycles. The number of benzene rings is 2. The molecule has 1 nitrogen and oxygen atoms in total. The molecule has 1 atom stereocenters. The third-order valence-corrected chi connectivity index (χ3v) is 6.58. The molecule has 0 fully saturated rings. The molecule has 2 heteroatoms. The lowest BCUT2D eigenvalue weighted by Crippen LogP contribution is -2.12. The van der Waals surface area contributed by atoms with Gasteiger partial charge in [0, 0.05) is 15.8 Å². The van der Waals surface area contributed by atoms with Crippen LogP contribution in [0.3, 0.4) is 0 Å². The van der Waals surface area contributed by atoms with Crippen LogP contribution in [0.1, 0.15) is 69.3 Å². The molecule has 0 spiro atoms. The lowest BCUT2D eigenvalue weighted by atomic mass is 9.84. The van der Waals surface area contributed by atoms with E-state index in [4.69, 9.17) is 4.74 Å². The van der Waals surface area contributed by atoms with E-state index in [1.54, 1.807) is 7.11 Å². The number of rotatable bonds is 1. The quantitative estimate of drug-likeness (QED) is 0.683. The number of ether oxygens (including phenoxy) is 1. The van der Waals surface area contributed by atoms with Crippen LogP contribution < -0.4 is 4.74 Å². The van der Waals surface area contributed by atoms with Gasteiger partial charge in [-0.1, -0.05) is 65.8 Å². The van der Waals surface area contributed by atoms with Gasteiger partial charge in [-0.05, 0) is 50.3 Å². The van der Waals surface area contributed by atoms with E-state index < -0.39 is 0 Å². The van der Waals surface area contributed by atoms with E-state index in [-0.39, 0.29) is 10.8 Å². The monoisotopic (exact) mass is 338 g/mol. The Bertz CT molecular complexity index is 791. The van der Waals surface area contributed by atoms with Gasteiger partial charge in [-0.2, -0.15) is 0 Å². The fourth-order valence-corrected chi connectivity index (χ4v) is 4.58. The van der Waals surface area contributed by atoms with E-state index in [2.05, 4.69) is 71.9 Å². The minimum absolute atomic E-state index is 0.134. The second-order valence-corrected chi connectivity index (χ2v) is 10.3. The highest BCUT2D eigenvalue weighted by molar-refractivity contribution is 6.18. The summed E-state index contributed by atoms with van der Waals surface area (Å²) in [7, 11) is 2.92. The van der Waals surface area contributed by atoms with Crippen molar-refractivity contribution in [3.8, 4) is 16.9 Å². The summed E-state index contributed by atoms with van der Waals surface area (Å²) in [5.41, 5.74) is 9.30. The first-order chi connectivity index (χ1) is 11.0. The van der Waals surface area contributed by atoms with Gasteiger partial charge in [0.1, 0.15) is 5.75 Å². The van der Waals surface area contributed by atoms with Crippen molar-refractivity contribution in [3.05, 3.63) is 52.6 Å². The Morgan fingerprint density at radius 1 is 0.833 bits per heavy atom.